The summed E-state index contributed by atoms with van der Waals surface area (Å²) in [7, 11) is 0. The van der Waals surface area contributed by atoms with Crippen LogP contribution in [0.1, 0.15) is 24.2 Å². The summed E-state index contributed by atoms with van der Waals surface area (Å²) in [5, 5.41) is 31.9. The summed E-state index contributed by atoms with van der Waals surface area (Å²) in [5.74, 6) is -3.01. The summed E-state index contributed by atoms with van der Waals surface area (Å²) in [6, 6.07) is 12.5. The average molecular weight is 510 g/mol. The smallest absolute Gasteiger partial charge is 0.329 e. The number of ether oxygens (including phenoxy) is 4. The lowest BCUT2D eigenvalue weighted by Gasteiger charge is -2.26. The van der Waals surface area contributed by atoms with Gasteiger partial charge in [0.05, 0.1) is 6.10 Å². The zero-order valence-electron chi connectivity index (χ0n) is 19.1. The van der Waals surface area contributed by atoms with Crippen LogP contribution in [0.3, 0.4) is 0 Å². The van der Waals surface area contributed by atoms with Gasteiger partial charge in [-0.25, -0.2) is 9.59 Å². The van der Waals surface area contributed by atoms with Crippen LogP contribution in [0.5, 0.6) is 11.5 Å². The van der Waals surface area contributed by atoms with Gasteiger partial charge in [-0.15, -0.1) is 0 Å². The van der Waals surface area contributed by atoms with Gasteiger partial charge < -0.3 is 39.6 Å². The van der Waals surface area contributed by atoms with Gasteiger partial charge in [-0.1, -0.05) is 29.8 Å². The molecule has 35 heavy (non-hydrogen) atoms. The Morgan fingerprint density at radius 3 is 2.31 bits per heavy atom. The van der Waals surface area contributed by atoms with Crippen LogP contribution < -0.4 is 14.8 Å². The van der Waals surface area contributed by atoms with Gasteiger partial charge in [-0.05, 0) is 48.7 Å². The second-order valence-corrected chi connectivity index (χ2v) is 8.69. The molecule has 10 nitrogen and oxygen atoms in total. The van der Waals surface area contributed by atoms with Crippen LogP contribution in [0, 0.1) is 0 Å². The molecule has 0 radical (unpaired) electrons. The highest BCUT2D eigenvalue weighted by Gasteiger charge is 2.43. The Labute approximate surface area is 207 Å². The number of carbonyl (C=O) groups is 2. The van der Waals surface area contributed by atoms with Gasteiger partial charge in [-0.2, -0.15) is 0 Å². The molecule has 0 spiro atoms. The highest BCUT2D eigenvalue weighted by molar-refractivity contribution is 6.30. The van der Waals surface area contributed by atoms with Crippen LogP contribution in [0.2, 0.25) is 5.02 Å². The summed E-state index contributed by atoms with van der Waals surface area (Å²) in [6.45, 7) is 0.638. The van der Waals surface area contributed by atoms with Gasteiger partial charge >= 0.3 is 11.9 Å². The van der Waals surface area contributed by atoms with Gasteiger partial charge in [0.25, 0.3) is 5.79 Å². The van der Waals surface area contributed by atoms with E-state index in [1.165, 1.54) is 0 Å². The molecule has 2 aromatic rings. The summed E-state index contributed by atoms with van der Waals surface area (Å²) in [6.07, 6.45) is -0.0816. The maximum absolute atomic E-state index is 10.8. The Hall–Kier alpha value is -2.89. The van der Waals surface area contributed by atoms with E-state index in [9.17, 15) is 14.7 Å². The summed E-state index contributed by atoms with van der Waals surface area (Å²) in [5.41, 5.74) is 1.66. The number of hydrogen-bond donors (Lipinski definition) is 4. The van der Waals surface area contributed by atoms with Crippen LogP contribution in [0.25, 0.3) is 0 Å². The number of rotatable bonds is 14. The largest absolute Gasteiger partial charge is 0.480 e. The van der Waals surface area contributed by atoms with Crippen molar-refractivity contribution in [2.75, 3.05) is 33.0 Å². The van der Waals surface area contributed by atoms with Crippen molar-refractivity contribution in [2.45, 2.75) is 31.3 Å². The van der Waals surface area contributed by atoms with E-state index in [1.54, 1.807) is 30.3 Å². The third-order valence-corrected chi connectivity index (χ3v) is 5.37. The fourth-order valence-electron chi connectivity index (χ4n) is 3.58. The molecule has 190 valence electrons. The Kier molecular flexibility index (Phi) is 9.30. The molecule has 4 N–H and O–H groups in total. The fourth-order valence-corrected chi connectivity index (χ4v) is 3.78. The monoisotopic (exact) mass is 509 g/mol. The van der Waals surface area contributed by atoms with E-state index in [1.807, 2.05) is 19.1 Å². The third kappa shape index (κ3) is 8.08. The molecule has 0 saturated heterocycles. The number of halogens is 1. The second kappa shape index (κ2) is 12.2. The van der Waals surface area contributed by atoms with E-state index >= 15 is 0 Å². The molecule has 0 aromatic heterocycles. The first-order valence-electron chi connectivity index (χ1n) is 10.9. The van der Waals surface area contributed by atoms with Crippen LogP contribution in [0.15, 0.2) is 42.5 Å². The molecule has 0 amide bonds. The number of carboxylic acids is 2. The molecule has 0 saturated carbocycles. The van der Waals surface area contributed by atoms with E-state index in [-0.39, 0.29) is 19.3 Å². The van der Waals surface area contributed by atoms with Crippen molar-refractivity contribution in [3.8, 4) is 11.5 Å². The topological polar surface area (TPSA) is 144 Å². The molecule has 0 aliphatic carbocycles. The second-order valence-electron chi connectivity index (χ2n) is 8.25. The zero-order chi connectivity index (χ0) is 25.4. The molecule has 2 aromatic carbocycles. The lowest BCUT2D eigenvalue weighted by Crippen LogP contribution is -2.48. The first kappa shape index (κ1) is 26.7. The number of aliphatic hydroxyl groups excluding tert-OH is 1. The quantitative estimate of drug-likeness (QED) is 0.299. The number of nitrogens with one attached hydrogen (secondary N) is 1. The fraction of sp³-hybridized carbons (Fsp3) is 0.417. The summed E-state index contributed by atoms with van der Waals surface area (Å²) >= 11 is 5.99. The molecule has 2 atom stereocenters. The molecule has 0 fully saturated rings. The molecule has 1 aliphatic rings. The number of fused-ring (bicyclic) bond motifs is 1. The number of benzene rings is 2. The standard InChI is InChI=1S/C24H28ClNO9/c1-15(26-10-19(27)17-3-2-4-18(25)9-17)7-16-5-6-20-21(8-16)35-24(34-20,13-32-11-22(28)29)14-33-12-23(30)31/h2-6,8-9,15,19,26-27H,7,10-14H2,1H3,(H,28,29)(H,30,31)/t15-,19+/m1/s1. The van der Waals surface area contributed by atoms with E-state index in [0.717, 1.165) is 11.1 Å². The Morgan fingerprint density at radius 1 is 1.03 bits per heavy atom. The molecule has 1 heterocycles. The van der Waals surface area contributed by atoms with E-state index < -0.39 is 37.0 Å². The average Bonchev–Trinajstić information content (AvgIpc) is 3.14. The molecule has 0 bridgehead atoms. The van der Waals surface area contributed by atoms with Crippen LogP contribution in [-0.2, 0) is 25.5 Å². The SMILES string of the molecule is C[C@H](Cc1ccc2c(c1)OC(COCC(=O)O)(COCC(=O)O)O2)NC[C@H](O)c1cccc(Cl)c1. The van der Waals surface area contributed by atoms with Crippen molar-refractivity contribution >= 4 is 23.5 Å². The number of aliphatic carboxylic acids is 2. The van der Waals surface area contributed by atoms with Gasteiger partial charge in [-0.3, -0.25) is 0 Å². The van der Waals surface area contributed by atoms with Crippen molar-refractivity contribution in [2.24, 2.45) is 0 Å². The Bertz CT molecular complexity index is 1010. The van der Waals surface area contributed by atoms with Gasteiger partial charge in [0.2, 0.25) is 0 Å². The van der Waals surface area contributed by atoms with E-state index in [0.29, 0.717) is 29.5 Å². The van der Waals surface area contributed by atoms with Gasteiger partial charge in [0.1, 0.15) is 26.4 Å². The molecule has 11 heteroatoms. The van der Waals surface area contributed by atoms with Crippen molar-refractivity contribution in [3.05, 3.63) is 58.6 Å². The van der Waals surface area contributed by atoms with Crippen LogP contribution in [-0.4, -0.2) is 72.1 Å². The normalized spacial score (nSPS) is 15.5. The summed E-state index contributed by atoms with van der Waals surface area (Å²) < 4.78 is 22.0. The highest BCUT2D eigenvalue weighted by Crippen LogP contribution is 2.40. The highest BCUT2D eigenvalue weighted by atomic mass is 35.5. The van der Waals surface area contributed by atoms with Crippen LogP contribution in [0.4, 0.5) is 0 Å². The van der Waals surface area contributed by atoms with E-state index in [4.69, 9.17) is 40.8 Å². The predicted molar refractivity (Wildman–Crippen MR) is 125 cm³/mol. The number of aliphatic hydroxyl groups is 1. The van der Waals surface area contributed by atoms with Gasteiger partial charge in [0.15, 0.2) is 11.5 Å². The Morgan fingerprint density at radius 2 is 1.69 bits per heavy atom. The van der Waals surface area contributed by atoms with E-state index in [2.05, 4.69) is 5.32 Å². The number of hydrogen-bond acceptors (Lipinski definition) is 8. The van der Waals surface area contributed by atoms with Crippen molar-refractivity contribution in [1.29, 1.82) is 0 Å². The minimum Gasteiger partial charge on any atom is -0.480 e. The van der Waals surface area contributed by atoms with Crippen molar-refractivity contribution in [3.63, 3.8) is 0 Å². The maximum Gasteiger partial charge on any atom is 0.329 e. The van der Waals surface area contributed by atoms with Crippen LogP contribution >= 0.6 is 11.6 Å². The lowest BCUT2D eigenvalue weighted by molar-refractivity contribution is -0.179. The maximum atomic E-state index is 10.8. The van der Waals surface area contributed by atoms with Crippen molar-refractivity contribution in [1.82, 2.24) is 5.32 Å². The molecular weight excluding hydrogens is 482 g/mol. The molecule has 3 rings (SSSR count). The first-order valence-corrected chi connectivity index (χ1v) is 11.3. The molecule has 0 unspecified atom stereocenters. The van der Waals surface area contributed by atoms with Gasteiger partial charge in [0, 0.05) is 17.6 Å². The Balaban J connectivity index is 1.59. The third-order valence-electron chi connectivity index (χ3n) is 5.13. The number of carboxylic acid groups (broad SMARTS) is 2. The first-order chi connectivity index (χ1) is 16.7. The predicted octanol–water partition coefficient (Wildman–Crippen LogP) is 2.26. The minimum absolute atomic E-state index is 0.0202. The minimum atomic E-state index is -1.50. The van der Waals surface area contributed by atoms with Crippen molar-refractivity contribution < 1.29 is 43.9 Å². The molecular formula is C24H28ClNO9. The zero-order valence-corrected chi connectivity index (χ0v) is 19.9. The lowest BCUT2D eigenvalue weighted by atomic mass is 10.1. The molecule has 1 aliphatic heterocycles. The summed E-state index contributed by atoms with van der Waals surface area (Å²) in [4.78, 5) is 21.6.